The number of ether oxygens (including phenoxy) is 5. The molecule has 3 aromatic carbocycles. The lowest BCUT2D eigenvalue weighted by atomic mass is 9.98. The smallest absolute Gasteiger partial charge is 0.186 e. The average molecular weight is 534 g/mol. The third-order valence-electron chi connectivity index (χ3n) is 7.34. The van der Waals surface area contributed by atoms with Crippen LogP contribution in [0.5, 0.6) is 0 Å². The molecule has 208 valence electrons. The normalized spacial score (nSPS) is 27.8. The zero-order chi connectivity index (χ0) is 27.1. The predicted molar refractivity (Wildman–Crippen MR) is 148 cm³/mol. The lowest BCUT2D eigenvalue weighted by molar-refractivity contribution is -0.318. The van der Waals surface area contributed by atoms with Crippen molar-refractivity contribution in [2.24, 2.45) is 0 Å². The monoisotopic (exact) mass is 533 g/mol. The van der Waals surface area contributed by atoms with Crippen molar-refractivity contribution in [1.82, 2.24) is 5.32 Å². The quantitative estimate of drug-likeness (QED) is 0.318. The molecule has 2 N–H and O–H groups in total. The lowest BCUT2D eigenvalue weighted by Gasteiger charge is -2.44. The van der Waals surface area contributed by atoms with Crippen molar-refractivity contribution >= 4 is 0 Å². The molecule has 0 spiro atoms. The van der Waals surface area contributed by atoms with E-state index in [2.05, 4.69) is 19.2 Å². The van der Waals surface area contributed by atoms with E-state index in [1.54, 1.807) is 0 Å². The molecule has 5 rings (SSSR count). The summed E-state index contributed by atoms with van der Waals surface area (Å²) in [5.74, 6) is 0. The van der Waals surface area contributed by atoms with Crippen LogP contribution >= 0.6 is 0 Å². The van der Waals surface area contributed by atoms with Gasteiger partial charge in [0, 0.05) is 11.6 Å². The van der Waals surface area contributed by atoms with Gasteiger partial charge in [-0.05, 0) is 30.5 Å². The summed E-state index contributed by atoms with van der Waals surface area (Å²) in [4.78, 5) is 0. The van der Waals surface area contributed by atoms with Crippen molar-refractivity contribution in [3.63, 3.8) is 0 Å². The van der Waals surface area contributed by atoms with Gasteiger partial charge >= 0.3 is 0 Å². The Morgan fingerprint density at radius 3 is 1.69 bits per heavy atom. The van der Waals surface area contributed by atoms with Crippen LogP contribution in [-0.4, -0.2) is 60.6 Å². The SMILES string of the molecule is CC1(C)N[C@@H]1CO[C@@H]1O[C@H](COCc2ccccc2)[C@@H](OCc2ccccc2)[C@H](OCc2ccccc2)[C@H]1O. The Hall–Kier alpha value is -2.62. The number of hydrogen-bond acceptors (Lipinski definition) is 7. The van der Waals surface area contributed by atoms with Gasteiger partial charge in [-0.15, -0.1) is 0 Å². The largest absolute Gasteiger partial charge is 0.385 e. The van der Waals surface area contributed by atoms with Crippen molar-refractivity contribution in [3.8, 4) is 0 Å². The van der Waals surface area contributed by atoms with Crippen LogP contribution in [0.4, 0.5) is 0 Å². The van der Waals surface area contributed by atoms with E-state index in [0.717, 1.165) is 16.7 Å². The van der Waals surface area contributed by atoms with Gasteiger partial charge in [-0.25, -0.2) is 0 Å². The Kier molecular flexibility index (Phi) is 9.42. The van der Waals surface area contributed by atoms with Crippen LogP contribution in [0.1, 0.15) is 30.5 Å². The van der Waals surface area contributed by atoms with Crippen molar-refractivity contribution in [3.05, 3.63) is 108 Å². The molecule has 7 heteroatoms. The molecule has 0 aliphatic carbocycles. The highest BCUT2D eigenvalue weighted by atomic mass is 16.7. The summed E-state index contributed by atoms with van der Waals surface area (Å²) in [5.41, 5.74) is 3.12. The molecule has 2 saturated heterocycles. The highest BCUT2D eigenvalue weighted by molar-refractivity contribution is 5.15. The number of aliphatic hydroxyl groups excluding tert-OH is 1. The summed E-state index contributed by atoms with van der Waals surface area (Å²) in [6.45, 7) is 6.06. The maximum atomic E-state index is 11.4. The number of benzene rings is 3. The van der Waals surface area contributed by atoms with Gasteiger partial charge in [0.2, 0.25) is 0 Å². The fourth-order valence-corrected chi connectivity index (χ4v) is 4.81. The minimum Gasteiger partial charge on any atom is -0.385 e. The minimum absolute atomic E-state index is 0.0162. The Bertz CT molecular complexity index is 1130. The fraction of sp³-hybridized carbons (Fsp3) is 0.438. The van der Waals surface area contributed by atoms with Crippen LogP contribution < -0.4 is 5.32 Å². The van der Waals surface area contributed by atoms with E-state index in [9.17, 15) is 5.11 Å². The van der Waals surface area contributed by atoms with Crippen LogP contribution in [-0.2, 0) is 43.5 Å². The lowest BCUT2D eigenvalue weighted by Crippen LogP contribution is -2.61. The van der Waals surface area contributed by atoms with Gasteiger partial charge in [-0.2, -0.15) is 0 Å². The Balaban J connectivity index is 1.32. The van der Waals surface area contributed by atoms with Crippen LogP contribution in [0.2, 0.25) is 0 Å². The van der Waals surface area contributed by atoms with Crippen molar-refractivity contribution in [1.29, 1.82) is 0 Å². The average Bonchev–Trinajstić information content (AvgIpc) is 3.58. The maximum absolute atomic E-state index is 11.4. The van der Waals surface area contributed by atoms with Gasteiger partial charge in [0.05, 0.1) is 33.0 Å². The number of nitrogens with one attached hydrogen (secondary N) is 1. The molecular formula is C32H39NO6. The van der Waals surface area contributed by atoms with Gasteiger partial charge < -0.3 is 34.1 Å². The van der Waals surface area contributed by atoms with Gasteiger partial charge in [0.25, 0.3) is 0 Å². The summed E-state index contributed by atoms with van der Waals surface area (Å²) in [7, 11) is 0. The molecule has 2 aliphatic heterocycles. The molecular weight excluding hydrogens is 494 g/mol. The van der Waals surface area contributed by atoms with Crippen LogP contribution in [0, 0.1) is 0 Å². The standard InChI is InChI=1S/C32H39NO6/c1-32(2)27(33-32)22-38-31-28(34)30(37-20-25-16-10-5-11-17-25)29(36-19-24-14-8-4-9-15-24)26(39-31)21-35-18-23-12-6-3-7-13-23/h3-17,26-31,33-34H,18-22H2,1-2H3/t26-,27-,28-,29-,30-,31-/m1/s1. The maximum Gasteiger partial charge on any atom is 0.186 e. The Morgan fingerprint density at radius 1 is 0.692 bits per heavy atom. The molecule has 7 nitrogen and oxygen atoms in total. The molecule has 2 fully saturated rings. The molecule has 0 bridgehead atoms. The summed E-state index contributed by atoms with van der Waals surface area (Å²) in [5, 5.41) is 14.8. The second-order valence-electron chi connectivity index (χ2n) is 10.8. The zero-order valence-electron chi connectivity index (χ0n) is 22.6. The van der Waals surface area contributed by atoms with E-state index in [-0.39, 0.29) is 18.2 Å². The zero-order valence-corrected chi connectivity index (χ0v) is 22.6. The van der Waals surface area contributed by atoms with E-state index in [1.807, 2.05) is 91.0 Å². The molecule has 0 amide bonds. The molecule has 2 heterocycles. The summed E-state index contributed by atoms with van der Waals surface area (Å²) < 4.78 is 31.3. The first kappa shape index (κ1) is 27.9. The molecule has 0 saturated carbocycles. The van der Waals surface area contributed by atoms with Gasteiger partial charge in [-0.3, -0.25) is 0 Å². The van der Waals surface area contributed by atoms with E-state index >= 15 is 0 Å². The highest BCUT2D eigenvalue weighted by Gasteiger charge is 2.50. The van der Waals surface area contributed by atoms with Crippen LogP contribution in [0.3, 0.4) is 0 Å². The van der Waals surface area contributed by atoms with Crippen molar-refractivity contribution in [2.45, 2.75) is 76.0 Å². The molecule has 0 unspecified atom stereocenters. The second-order valence-corrected chi connectivity index (χ2v) is 10.8. The first-order valence-corrected chi connectivity index (χ1v) is 13.6. The number of aliphatic hydroxyl groups is 1. The third kappa shape index (κ3) is 7.74. The first-order chi connectivity index (χ1) is 19.0. The summed E-state index contributed by atoms with van der Waals surface area (Å²) in [6.07, 6.45) is -3.67. The minimum atomic E-state index is -1.04. The van der Waals surface area contributed by atoms with Gasteiger partial charge in [0.15, 0.2) is 6.29 Å². The summed E-state index contributed by atoms with van der Waals surface area (Å²) >= 11 is 0. The molecule has 3 aromatic rings. The first-order valence-electron chi connectivity index (χ1n) is 13.6. The van der Waals surface area contributed by atoms with Crippen molar-refractivity contribution in [2.75, 3.05) is 13.2 Å². The van der Waals surface area contributed by atoms with Crippen LogP contribution in [0.15, 0.2) is 91.0 Å². The van der Waals surface area contributed by atoms with E-state index in [4.69, 9.17) is 23.7 Å². The Labute approximate surface area is 231 Å². The number of hydrogen-bond donors (Lipinski definition) is 2. The highest BCUT2D eigenvalue weighted by Crippen LogP contribution is 2.31. The van der Waals surface area contributed by atoms with Crippen LogP contribution in [0.25, 0.3) is 0 Å². The van der Waals surface area contributed by atoms with Gasteiger partial charge in [-0.1, -0.05) is 91.0 Å². The second kappa shape index (κ2) is 13.2. The Morgan fingerprint density at radius 2 is 1.18 bits per heavy atom. The van der Waals surface area contributed by atoms with Crippen molar-refractivity contribution < 1.29 is 28.8 Å². The van der Waals surface area contributed by atoms with E-state index < -0.39 is 30.7 Å². The number of rotatable bonds is 13. The topological polar surface area (TPSA) is 88.3 Å². The fourth-order valence-electron chi connectivity index (χ4n) is 4.81. The molecule has 39 heavy (non-hydrogen) atoms. The van der Waals surface area contributed by atoms with E-state index in [0.29, 0.717) is 26.4 Å². The molecule has 0 aromatic heterocycles. The summed E-state index contributed by atoms with van der Waals surface area (Å²) in [6, 6.07) is 30.1. The molecule has 0 radical (unpaired) electrons. The molecule has 2 aliphatic rings. The molecule has 6 atom stereocenters. The predicted octanol–water partition coefficient (Wildman–Crippen LogP) is 4.23. The van der Waals surface area contributed by atoms with E-state index in [1.165, 1.54) is 0 Å². The third-order valence-corrected chi connectivity index (χ3v) is 7.34. The van der Waals surface area contributed by atoms with Gasteiger partial charge in [0.1, 0.15) is 24.4 Å².